The predicted molar refractivity (Wildman–Crippen MR) is 210 cm³/mol. The van der Waals surface area contributed by atoms with Crippen LogP contribution in [-0.4, -0.2) is 24.4 Å². The maximum atomic E-state index is 11.7. The van der Waals surface area contributed by atoms with E-state index in [1.165, 1.54) is 112 Å². The highest BCUT2D eigenvalue weighted by atomic mass is 16.6. The fourth-order valence-electron chi connectivity index (χ4n) is 9.51. The van der Waals surface area contributed by atoms with Crippen molar-refractivity contribution in [3.63, 3.8) is 0 Å². The van der Waals surface area contributed by atoms with Crippen LogP contribution in [-0.2, 0) is 27.7 Å². The molecule has 0 atom stereocenters. The number of rotatable bonds is 22. The first-order valence-corrected chi connectivity index (χ1v) is 21.0. The summed E-state index contributed by atoms with van der Waals surface area (Å²) in [4.78, 5) is 23.3. The van der Waals surface area contributed by atoms with Gasteiger partial charge in [-0.2, -0.15) is 0 Å². The van der Waals surface area contributed by atoms with Crippen LogP contribution in [0.4, 0.5) is 9.59 Å². The van der Waals surface area contributed by atoms with E-state index in [1.54, 1.807) is 0 Å². The SMILES string of the molecule is CCCCCCCCCc1ccc(C(c2ccc(CCCCCCCCC)cc2)(C2CCC(OC(N)=O)CC2)C2CCC(OC(N)=O)CC2)cc1. The van der Waals surface area contributed by atoms with Gasteiger partial charge >= 0.3 is 12.2 Å². The van der Waals surface area contributed by atoms with Gasteiger partial charge in [0.25, 0.3) is 0 Å². The summed E-state index contributed by atoms with van der Waals surface area (Å²) in [5.74, 6) is 0.763. The Hall–Kier alpha value is -3.02. The van der Waals surface area contributed by atoms with Gasteiger partial charge < -0.3 is 20.9 Å². The van der Waals surface area contributed by atoms with Crippen LogP contribution in [0.1, 0.15) is 177 Å². The molecule has 51 heavy (non-hydrogen) atoms. The van der Waals surface area contributed by atoms with Crippen molar-refractivity contribution < 1.29 is 19.1 Å². The van der Waals surface area contributed by atoms with E-state index in [9.17, 15) is 9.59 Å². The van der Waals surface area contributed by atoms with Crippen molar-refractivity contribution in [2.75, 3.05) is 0 Å². The van der Waals surface area contributed by atoms with Crippen LogP contribution in [0, 0.1) is 11.8 Å². The lowest BCUT2D eigenvalue weighted by Crippen LogP contribution is -2.47. The summed E-state index contributed by atoms with van der Waals surface area (Å²) in [5.41, 5.74) is 16.3. The van der Waals surface area contributed by atoms with Gasteiger partial charge in [0, 0.05) is 5.41 Å². The molecule has 0 unspecified atom stereocenters. The minimum atomic E-state index is -0.675. The Bertz CT molecular complexity index is 1160. The number of ether oxygens (including phenoxy) is 2. The van der Waals surface area contributed by atoms with Crippen molar-refractivity contribution >= 4 is 12.2 Å². The van der Waals surface area contributed by atoms with Gasteiger partial charge in [0.1, 0.15) is 12.2 Å². The lowest BCUT2D eigenvalue weighted by molar-refractivity contribution is 0.0279. The first-order valence-electron chi connectivity index (χ1n) is 21.0. The van der Waals surface area contributed by atoms with Gasteiger partial charge in [-0.1, -0.05) is 139 Å². The summed E-state index contributed by atoms with van der Waals surface area (Å²) in [5, 5.41) is 0. The predicted octanol–water partition coefficient (Wildman–Crippen LogP) is 11.9. The Kier molecular flexibility index (Phi) is 17.7. The van der Waals surface area contributed by atoms with Crippen molar-refractivity contribution in [3.8, 4) is 0 Å². The van der Waals surface area contributed by atoms with Crippen LogP contribution >= 0.6 is 0 Å². The summed E-state index contributed by atoms with van der Waals surface area (Å²) >= 11 is 0. The van der Waals surface area contributed by atoms with Crippen molar-refractivity contribution in [1.29, 1.82) is 0 Å². The Morgan fingerprint density at radius 2 is 0.824 bits per heavy atom. The van der Waals surface area contributed by atoms with Crippen LogP contribution < -0.4 is 11.5 Å². The number of nitrogens with two attached hydrogens (primary N) is 2. The average Bonchev–Trinajstić information content (AvgIpc) is 3.13. The molecule has 2 aliphatic carbocycles. The number of unbranched alkanes of at least 4 members (excludes halogenated alkanes) is 12. The molecule has 2 fully saturated rings. The molecule has 0 saturated heterocycles. The molecule has 6 heteroatoms. The third-order valence-electron chi connectivity index (χ3n) is 12.2. The topological polar surface area (TPSA) is 105 Å². The molecule has 4 rings (SSSR count). The van der Waals surface area contributed by atoms with Crippen LogP contribution in [0.3, 0.4) is 0 Å². The van der Waals surface area contributed by atoms with E-state index < -0.39 is 12.2 Å². The normalized spacial score (nSPS) is 20.9. The smallest absolute Gasteiger partial charge is 0.404 e. The van der Waals surface area contributed by atoms with Gasteiger partial charge in [-0.25, -0.2) is 9.59 Å². The van der Waals surface area contributed by atoms with Crippen molar-refractivity contribution in [2.24, 2.45) is 23.3 Å². The first kappa shape index (κ1) is 40.7. The molecule has 0 radical (unpaired) electrons. The molecule has 2 saturated carbocycles. The lowest BCUT2D eigenvalue weighted by Gasteiger charge is -2.51. The Labute approximate surface area is 310 Å². The van der Waals surface area contributed by atoms with Gasteiger partial charge in [0.2, 0.25) is 0 Å². The Balaban J connectivity index is 1.60. The van der Waals surface area contributed by atoms with Gasteiger partial charge in [-0.3, -0.25) is 0 Å². The van der Waals surface area contributed by atoms with E-state index in [0.29, 0.717) is 11.8 Å². The highest BCUT2D eigenvalue weighted by molar-refractivity contribution is 5.65. The maximum absolute atomic E-state index is 11.7. The van der Waals surface area contributed by atoms with Crippen LogP contribution in [0.25, 0.3) is 0 Å². The monoisotopic (exact) mass is 703 g/mol. The zero-order valence-electron chi connectivity index (χ0n) is 32.2. The second-order valence-corrected chi connectivity index (χ2v) is 15.8. The average molecular weight is 703 g/mol. The number of carbonyl (C=O) groups is 2. The Morgan fingerprint density at radius 3 is 1.14 bits per heavy atom. The van der Waals surface area contributed by atoms with E-state index in [2.05, 4.69) is 62.4 Å². The molecule has 0 aromatic heterocycles. The molecule has 4 N–H and O–H groups in total. The minimum absolute atomic E-state index is 0.121. The molecule has 2 aromatic carbocycles. The molecule has 0 spiro atoms. The number of carbonyl (C=O) groups excluding carboxylic acids is 2. The van der Waals surface area contributed by atoms with Gasteiger partial charge in [0.15, 0.2) is 0 Å². The maximum Gasteiger partial charge on any atom is 0.404 e. The van der Waals surface area contributed by atoms with E-state index in [1.807, 2.05) is 0 Å². The third-order valence-corrected chi connectivity index (χ3v) is 12.2. The van der Waals surface area contributed by atoms with Crippen LogP contribution in [0.2, 0.25) is 0 Å². The summed E-state index contributed by atoms with van der Waals surface area (Å²) in [6.07, 6.45) is 26.3. The fraction of sp³-hybridized carbons (Fsp3) is 0.689. The van der Waals surface area contributed by atoms with Crippen LogP contribution in [0.5, 0.6) is 0 Å². The number of primary amides is 2. The Morgan fingerprint density at radius 1 is 0.510 bits per heavy atom. The van der Waals surface area contributed by atoms with E-state index in [0.717, 1.165) is 64.2 Å². The fourth-order valence-corrected chi connectivity index (χ4v) is 9.51. The van der Waals surface area contributed by atoms with E-state index >= 15 is 0 Å². The zero-order valence-corrected chi connectivity index (χ0v) is 32.2. The van der Waals surface area contributed by atoms with Crippen LogP contribution in [0.15, 0.2) is 48.5 Å². The first-order chi connectivity index (χ1) is 24.9. The molecule has 284 valence electrons. The number of amides is 2. The second-order valence-electron chi connectivity index (χ2n) is 15.8. The van der Waals surface area contributed by atoms with Gasteiger partial charge in [-0.05, 0) is 111 Å². The number of hydrogen-bond donors (Lipinski definition) is 2. The highest BCUT2D eigenvalue weighted by Gasteiger charge is 2.50. The lowest BCUT2D eigenvalue weighted by atomic mass is 9.53. The molecule has 2 aliphatic rings. The third kappa shape index (κ3) is 12.6. The summed E-state index contributed by atoms with van der Waals surface area (Å²) in [6, 6.07) is 19.3. The number of benzene rings is 2. The van der Waals surface area contributed by atoms with E-state index in [-0.39, 0.29) is 17.6 Å². The standard InChI is InChI=1S/C45H70N2O4/c1-3-5-7-9-11-13-15-17-35-19-23-37(24-20-35)45(39-27-31-41(32-28-39)50-43(46)48,40-29-33-42(34-30-40)51-44(47)49)38-25-21-36(22-26-38)18-16-14-12-10-8-6-4-2/h19-26,39-42H,3-18,27-34H2,1-2H3,(H2,46,48)(H2,47,49). The summed E-state index contributed by atoms with van der Waals surface area (Å²) < 4.78 is 11.0. The van der Waals surface area contributed by atoms with Crippen molar-refractivity contribution in [1.82, 2.24) is 0 Å². The largest absolute Gasteiger partial charge is 0.446 e. The number of aryl methyl sites for hydroxylation is 2. The van der Waals surface area contributed by atoms with Crippen molar-refractivity contribution in [2.45, 2.75) is 186 Å². The molecule has 0 bridgehead atoms. The van der Waals surface area contributed by atoms with E-state index in [4.69, 9.17) is 20.9 Å². The van der Waals surface area contributed by atoms with Gasteiger partial charge in [-0.15, -0.1) is 0 Å². The molecule has 0 heterocycles. The van der Waals surface area contributed by atoms with Gasteiger partial charge in [0.05, 0.1) is 0 Å². The zero-order chi connectivity index (χ0) is 36.3. The molecule has 6 nitrogen and oxygen atoms in total. The minimum Gasteiger partial charge on any atom is -0.446 e. The highest BCUT2D eigenvalue weighted by Crippen LogP contribution is 2.55. The molecule has 0 aliphatic heterocycles. The summed E-state index contributed by atoms with van der Waals surface area (Å²) in [6.45, 7) is 4.55. The molecular weight excluding hydrogens is 633 g/mol. The number of hydrogen-bond acceptors (Lipinski definition) is 4. The molecule has 2 aromatic rings. The van der Waals surface area contributed by atoms with Crippen molar-refractivity contribution in [3.05, 3.63) is 70.8 Å². The molecule has 2 amide bonds. The summed E-state index contributed by atoms with van der Waals surface area (Å²) in [7, 11) is 0. The second kappa shape index (κ2) is 22.1. The quantitative estimate of drug-likeness (QED) is 0.119. The molecular formula is C45H70N2O4.